The third kappa shape index (κ3) is 3.36. The average Bonchev–Trinajstić information content (AvgIpc) is 2.41. The van der Waals surface area contributed by atoms with Crippen LogP contribution in [-0.4, -0.2) is 17.1 Å². The van der Waals surface area contributed by atoms with Gasteiger partial charge in [-0.05, 0) is 40.2 Å². The number of hydrogen-bond acceptors (Lipinski definition) is 2. The Bertz CT molecular complexity index is 658. The summed E-state index contributed by atoms with van der Waals surface area (Å²) in [5.74, 6) is -1.10. The van der Waals surface area contributed by atoms with Crippen LogP contribution in [0.4, 0.5) is 16.2 Å². The maximum atomic E-state index is 11.9. The lowest BCUT2D eigenvalue weighted by molar-refractivity contribution is 0.0698. The summed E-state index contributed by atoms with van der Waals surface area (Å²) in [7, 11) is 0. The fraction of sp³-hybridized carbons (Fsp3) is 0. The highest BCUT2D eigenvalue weighted by molar-refractivity contribution is 9.10. The molecule has 0 saturated heterocycles. The largest absolute Gasteiger partial charge is 0.478 e. The highest BCUT2D eigenvalue weighted by Gasteiger charge is 2.12. The fourth-order valence-electron chi connectivity index (χ4n) is 1.62. The quantitative estimate of drug-likeness (QED) is 0.798. The van der Waals surface area contributed by atoms with Crippen molar-refractivity contribution in [2.24, 2.45) is 0 Å². The zero-order chi connectivity index (χ0) is 14.5. The van der Waals surface area contributed by atoms with Crippen LogP contribution in [0.3, 0.4) is 0 Å². The summed E-state index contributed by atoms with van der Waals surface area (Å²) in [5, 5.41) is 14.2. The number of carboxylic acid groups (broad SMARTS) is 1. The number of urea groups is 1. The van der Waals surface area contributed by atoms with Crippen LogP contribution >= 0.6 is 15.9 Å². The van der Waals surface area contributed by atoms with Gasteiger partial charge in [0.05, 0.1) is 16.9 Å². The van der Waals surface area contributed by atoms with E-state index in [9.17, 15) is 9.59 Å². The lowest BCUT2D eigenvalue weighted by atomic mass is 10.2. The lowest BCUT2D eigenvalue weighted by Crippen LogP contribution is -2.21. The molecule has 0 aliphatic carbocycles. The van der Waals surface area contributed by atoms with Gasteiger partial charge in [-0.1, -0.05) is 24.3 Å². The Labute approximate surface area is 123 Å². The number of rotatable bonds is 3. The summed E-state index contributed by atoms with van der Waals surface area (Å²) in [6, 6.07) is 12.8. The monoisotopic (exact) mass is 334 g/mol. The number of carboxylic acids is 1. The number of benzene rings is 2. The minimum absolute atomic E-state index is 0.0368. The van der Waals surface area contributed by atoms with Crippen LogP contribution in [0, 0.1) is 0 Å². The van der Waals surface area contributed by atoms with Crippen LogP contribution in [0.25, 0.3) is 0 Å². The van der Waals surface area contributed by atoms with Crippen LogP contribution < -0.4 is 10.6 Å². The van der Waals surface area contributed by atoms with Gasteiger partial charge in [-0.3, -0.25) is 0 Å². The van der Waals surface area contributed by atoms with Gasteiger partial charge in [0.2, 0.25) is 0 Å². The van der Waals surface area contributed by atoms with Gasteiger partial charge < -0.3 is 15.7 Å². The van der Waals surface area contributed by atoms with Crippen molar-refractivity contribution in [3.8, 4) is 0 Å². The van der Waals surface area contributed by atoms with E-state index in [0.29, 0.717) is 5.69 Å². The fourth-order valence-corrected chi connectivity index (χ4v) is 2.00. The van der Waals surface area contributed by atoms with E-state index in [0.717, 1.165) is 4.47 Å². The van der Waals surface area contributed by atoms with Crippen molar-refractivity contribution in [2.45, 2.75) is 0 Å². The second-order valence-corrected chi connectivity index (χ2v) is 4.76. The second kappa shape index (κ2) is 6.21. The molecule has 102 valence electrons. The number of para-hydroxylation sites is 2. The average molecular weight is 335 g/mol. The summed E-state index contributed by atoms with van der Waals surface area (Å²) in [5.41, 5.74) is 0.872. The van der Waals surface area contributed by atoms with E-state index in [4.69, 9.17) is 5.11 Å². The van der Waals surface area contributed by atoms with Gasteiger partial charge in [-0.25, -0.2) is 9.59 Å². The van der Waals surface area contributed by atoms with Gasteiger partial charge in [-0.15, -0.1) is 0 Å². The smallest absolute Gasteiger partial charge is 0.337 e. The molecule has 0 fully saturated rings. The molecule has 2 aromatic rings. The molecule has 0 saturated carbocycles. The molecular formula is C14H11BrN2O3. The van der Waals surface area contributed by atoms with E-state index in [-0.39, 0.29) is 11.3 Å². The molecule has 0 unspecified atom stereocenters. The first-order chi connectivity index (χ1) is 9.58. The molecular weight excluding hydrogens is 324 g/mol. The molecule has 3 N–H and O–H groups in total. The minimum Gasteiger partial charge on any atom is -0.478 e. The lowest BCUT2D eigenvalue weighted by Gasteiger charge is -2.10. The molecule has 2 aromatic carbocycles. The molecule has 0 heterocycles. The molecule has 0 bridgehead atoms. The van der Waals surface area contributed by atoms with Crippen LogP contribution in [-0.2, 0) is 0 Å². The molecule has 2 rings (SSSR count). The molecule has 0 atom stereocenters. The van der Waals surface area contributed by atoms with Gasteiger partial charge >= 0.3 is 12.0 Å². The first-order valence-electron chi connectivity index (χ1n) is 5.73. The molecule has 6 heteroatoms. The van der Waals surface area contributed by atoms with E-state index in [1.54, 1.807) is 30.3 Å². The summed E-state index contributed by atoms with van der Waals surface area (Å²) >= 11 is 3.31. The van der Waals surface area contributed by atoms with E-state index < -0.39 is 12.0 Å². The molecule has 0 spiro atoms. The zero-order valence-electron chi connectivity index (χ0n) is 10.3. The van der Waals surface area contributed by atoms with Crippen LogP contribution in [0.2, 0.25) is 0 Å². The third-order valence-corrected chi connectivity index (χ3v) is 3.22. The minimum atomic E-state index is -1.10. The molecule has 0 aliphatic rings. The summed E-state index contributed by atoms with van der Waals surface area (Å²) in [6.45, 7) is 0. The summed E-state index contributed by atoms with van der Waals surface area (Å²) in [6.07, 6.45) is 0. The molecule has 0 aromatic heterocycles. The van der Waals surface area contributed by atoms with Gasteiger partial charge in [0.1, 0.15) is 0 Å². The Morgan fingerprint density at radius 2 is 1.45 bits per heavy atom. The number of amides is 2. The maximum absolute atomic E-state index is 11.9. The maximum Gasteiger partial charge on any atom is 0.337 e. The van der Waals surface area contributed by atoms with Crippen molar-refractivity contribution in [1.82, 2.24) is 0 Å². The number of anilines is 2. The van der Waals surface area contributed by atoms with E-state index in [1.807, 2.05) is 6.07 Å². The van der Waals surface area contributed by atoms with Crippen molar-refractivity contribution < 1.29 is 14.7 Å². The first kappa shape index (κ1) is 14.1. The molecule has 2 amide bonds. The van der Waals surface area contributed by atoms with E-state index >= 15 is 0 Å². The van der Waals surface area contributed by atoms with Crippen molar-refractivity contribution in [2.75, 3.05) is 10.6 Å². The number of carbonyl (C=O) groups excluding carboxylic acids is 1. The Hall–Kier alpha value is -2.34. The highest BCUT2D eigenvalue weighted by Crippen LogP contribution is 2.22. The van der Waals surface area contributed by atoms with Gasteiger partial charge in [0, 0.05) is 4.47 Å². The summed E-state index contributed by atoms with van der Waals surface area (Å²) < 4.78 is 0.738. The van der Waals surface area contributed by atoms with Gasteiger partial charge in [-0.2, -0.15) is 0 Å². The number of halogens is 1. The molecule has 0 radical (unpaired) electrons. The van der Waals surface area contributed by atoms with Gasteiger partial charge in [0.25, 0.3) is 0 Å². The van der Waals surface area contributed by atoms with Crippen molar-refractivity contribution >= 4 is 39.3 Å². The predicted octanol–water partition coefficient (Wildman–Crippen LogP) is 3.79. The summed E-state index contributed by atoms with van der Waals surface area (Å²) in [4.78, 5) is 22.9. The number of carbonyl (C=O) groups is 2. The number of nitrogens with one attached hydrogen (secondary N) is 2. The normalized spacial score (nSPS) is 9.85. The Morgan fingerprint density at radius 1 is 0.900 bits per heavy atom. The van der Waals surface area contributed by atoms with Crippen LogP contribution in [0.1, 0.15) is 10.4 Å². The first-order valence-corrected chi connectivity index (χ1v) is 6.52. The Morgan fingerprint density at radius 3 is 2.10 bits per heavy atom. The molecule has 5 nitrogen and oxygen atoms in total. The predicted molar refractivity (Wildman–Crippen MR) is 80.2 cm³/mol. The zero-order valence-corrected chi connectivity index (χ0v) is 11.8. The number of hydrogen-bond donors (Lipinski definition) is 3. The van der Waals surface area contributed by atoms with E-state index in [1.165, 1.54) is 12.1 Å². The third-order valence-electron chi connectivity index (χ3n) is 2.53. The van der Waals surface area contributed by atoms with Crippen LogP contribution in [0.15, 0.2) is 53.0 Å². The molecule has 0 aliphatic heterocycles. The number of aromatic carboxylic acids is 1. The topological polar surface area (TPSA) is 78.4 Å². The van der Waals surface area contributed by atoms with Crippen molar-refractivity contribution in [1.29, 1.82) is 0 Å². The second-order valence-electron chi connectivity index (χ2n) is 3.91. The highest BCUT2D eigenvalue weighted by atomic mass is 79.9. The van der Waals surface area contributed by atoms with E-state index in [2.05, 4.69) is 26.6 Å². The SMILES string of the molecule is O=C(Nc1ccccc1Br)Nc1ccccc1C(=O)O. The Balaban J connectivity index is 2.13. The van der Waals surface area contributed by atoms with Crippen LogP contribution in [0.5, 0.6) is 0 Å². The van der Waals surface area contributed by atoms with Crippen molar-refractivity contribution in [3.63, 3.8) is 0 Å². The van der Waals surface area contributed by atoms with Crippen molar-refractivity contribution in [3.05, 3.63) is 58.6 Å². The standard InChI is InChI=1S/C14H11BrN2O3/c15-10-6-2-4-8-12(10)17-14(20)16-11-7-3-1-5-9(11)13(18)19/h1-8H,(H,18,19)(H2,16,17,20). The Kier molecular flexibility index (Phi) is 4.37. The molecule has 20 heavy (non-hydrogen) atoms. The van der Waals surface area contributed by atoms with Gasteiger partial charge in [0.15, 0.2) is 0 Å².